The van der Waals surface area contributed by atoms with E-state index >= 15 is 0 Å². The van der Waals surface area contributed by atoms with Crippen molar-refractivity contribution in [2.75, 3.05) is 0 Å². The van der Waals surface area contributed by atoms with Crippen LogP contribution >= 0.6 is 0 Å². The molecule has 0 aliphatic rings. The molecule has 1 atom stereocenters. The van der Waals surface area contributed by atoms with E-state index in [1.165, 1.54) is 0 Å². The van der Waals surface area contributed by atoms with E-state index in [9.17, 15) is 4.79 Å². The first kappa shape index (κ1) is 8.43. The maximum atomic E-state index is 10.6. The van der Waals surface area contributed by atoms with Gasteiger partial charge in [0, 0.05) is 6.04 Å². The molecule has 3 nitrogen and oxygen atoms in total. The molecule has 0 aromatic rings. The average molecular weight is 130 g/mol. The highest BCUT2D eigenvalue weighted by molar-refractivity contribution is 5.80. The lowest BCUT2D eigenvalue weighted by atomic mass is 9.85. The summed E-state index contributed by atoms with van der Waals surface area (Å²) in [5.74, 6) is -0.350. The van der Waals surface area contributed by atoms with Gasteiger partial charge in [-0.1, -0.05) is 0 Å². The number of nitrogens with two attached hydrogens (primary N) is 2. The van der Waals surface area contributed by atoms with Crippen molar-refractivity contribution in [3.8, 4) is 0 Å². The number of hydrogen-bond acceptors (Lipinski definition) is 2. The SMILES string of the molecule is CC(N)C(C)(C)C(N)=O. The van der Waals surface area contributed by atoms with Crippen molar-refractivity contribution < 1.29 is 4.79 Å². The van der Waals surface area contributed by atoms with E-state index in [2.05, 4.69) is 0 Å². The van der Waals surface area contributed by atoms with Gasteiger partial charge in [-0.15, -0.1) is 0 Å². The zero-order valence-corrected chi connectivity index (χ0v) is 6.14. The molecule has 0 aromatic heterocycles. The molecule has 0 saturated heterocycles. The number of primary amides is 1. The summed E-state index contributed by atoms with van der Waals surface area (Å²) in [6.45, 7) is 5.24. The fourth-order valence-electron chi connectivity index (χ4n) is 0.224. The maximum Gasteiger partial charge on any atom is 0.224 e. The molecule has 0 fully saturated rings. The van der Waals surface area contributed by atoms with Gasteiger partial charge in [-0.05, 0) is 20.8 Å². The molecule has 0 saturated carbocycles. The molecule has 0 bridgehead atoms. The van der Waals surface area contributed by atoms with Crippen molar-refractivity contribution in [1.29, 1.82) is 0 Å². The summed E-state index contributed by atoms with van der Waals surface area (Å²) in [6.07, 6.45) is 0. The van der Waals surface area contributed by atoms with Crippen molar-refractivity contribution in [1.82, 2.24) is 0 Å². The fourth-order valence-corrected chi connectivity index (χ4v) is 0.224. The highest BCUT2D eigenvalue weighted by atomic mass is 16.1. The highest BCUT2D eigenvalue weighted by Gasteiger charge is 2.28. The first-order chi connectivity index (χ1) is 3.89. The van der Waals surface area contributed by atoms with Gasteiger partial charge in [0.05, 0.1) is 5.41 Å². The summed E-state index contributed by atoms with van der Waals surface area (Å²) < 4.78 is 0. The first-order valence-corrected chi connectivity index (χ1v) is 2.94. The minimum absolute atomic E-state index is 0.185. The van der Waals surface area contributed by atoms with Crippen molar-refractivity contribution in [2.24, 2.45) is 16.9 Å². The van der Waals surface area contributed by atoms with Gasteiger partial charge >= 0.3 is 0 Å². The minimum atomic E-state index is -0.583. The number of amides is 1. The Kier molecular flexibility index (Phi) is 2.20. The molecule has 0 aromatic carbocycles. The van der Waals surface area contributed by atoms with Crippen LogP contribution in [0.2, 0.25) is 0 Å². The Balaban J connectivity index is 4.19. The van der Waals surface area contributed by atoms with Crippen molar-refractivity contribution >= 4 is 5.91 Å². The van der Waals surface area contributed by atoms with Crippen LogP contribution in [0.25, 0.3) is 0 Å². The van der Waals surface area contributed by atoms with Crippen molar-refractivity contribution in [2.45, 2.75) is 26.8 Å². The zero-order valence-electron chi connectivity index (χ0n) is 6.14. The largest absolute Gasteiger partial charge is 0.369 e. The van der Waals surface area contributed by atoms with Crippen LogP contribution in [0, 0.1) is 5.41 Å². The predicted octanol–water partition coefficient (Wildman–Crippen LogP) is -0.155. The molecule has 1 unspecified atom stereocenters. The Hall–Kier alpha value is -0.570. The van der Waals surface area contributed by atoms with E-state index < -0.39 is 5.41 Å². The summed E-state index contributed by atoms with van der Waals surface area (Å²) in [5, 5.41) is 0. The average Bonchev–Trinajstić information content (AvgIpc) is 1.65. The lowest BCUT2D eigenvalue weighted by Gasteiger charge is -2.24. The molecular weight excluding hydrogens is 116 g/mol. The van der Waals surface area contributed by atoms with Gasteiger partial charge in [-0.2, -0.15) is 0 Å². The summed E-state index contributed by atoms with van der Waals surface area (Å²) >= 11 is 0. The number of carbonyl (C=O) groups excluding carboxylic acids is 1. The third-order valence-corrected chi connectivity index (χ3v) is 1.77. The summed E-state index contributed by atoms with van der Waals surface area (Å²) in [7, 11) is 0. The molecular formula is C6H14N2O. The van der Waals surface area contributed by atoms with Gasteiger partial charge in [-0.3, -0.25) is 4.79 Å². The van der Waals surface area contributed by atoms with E-state index in [1.807, 2.05) is 0 Å². The second kappa shape index (κ2) is 2.35. The number of hydrogen-bond donors (Lipinski definition) is 2. The second-order valence-electron chi connectivity index (χ2n) is 2.87. The molecule has 4 N–H and O–H groups in total. The Morgan fingerprint density at radius 1 is 1.56 bits per heavy atom. The zero-order chi connectivity index (χ0) is 7.65. The van der Waals surface area contributed by atoms with Crippen LogP contribution in [0.1, 0.15) is 20.8 Å². The van der Waals surface area contributed by atoms with E-state index in [-0.39, 0.29) is 11.9 Å². The molecule has 0 heterocycles. The fraction of sp³-hybridized carbons (Fsp3) is 0.833. The molecule has 0 spiro atoms. The van der Waals surface area contributed by atoms with E-state index in [0.29, 0.717) is 0 Å². The quantitative estimate of drug-likeness (QED) is 0.545. The normalized spacial score (nSPS) is 15.1. The van der Waals surface area contributed by atoms with Crippen molar-refractivity contribution in [3.63, 3.8) is 0 Å². The lowest BCUT2D eigenvalue weighted by Crippen LogP contribution is -2.44. The topological polar surface area (TPSA) is 69.1 Å². The van der Waals surface area contributed by atoms with Gasteiger partial charge in [0.2, 0.25) is 5.91 Å². The third-order valence-electron chi connectivity index (χ3n) is 1.77. The third kappa shape index (κ3) is 1.68. The molecule has 9 heavy (non-hydrogen) atoms. The monoisotopic (exact) mass is 130 g/mol. The van der Waals surface area contributed by atoms with E-state index in [1.54, 1.807) is 20.8 Å². The van der Waals surface area contributed by atoms with Crippen LogP contribution in [-0.4, -0.2) is 11.9 Å². The maximum absolute atomic E-state index is 10.6. The van der Waals surface area contributed by atoms with Crippen LogP contribution in [-0.2, 0) is 4.79 Å². The molecule has 54 valence electrons. The second-order valence-corrected chi connectivity index (χ2v) is 2.87. The van der Waals surface area contributed by atoms with Crippen LogP contribution in [0.4, 0.5) is 0 Å². The standard InChI is InChI=1S/C6H14N2O/c1-4(7)6(2,3)5(8)9/h4H,7H2,1-3H3,(H2,8,9). The van der Waals surface area contributed by atoms with Gasteiger partial charge in [0.25, 0.3) is 0 Å². The predicted molar refractivity (Wildman–Crippen MR) is 36.6 cm³/mol. The van der Waals surface area contributed by atoms with Crippen LogP contribution in [0.3, 0.4) is 0 Å². The first-order valence-electron chi connectivity index (χ1n) is 2.94. The molecule has 1 amide bonds. The van der Waals surface area contributed by atoms with Gasteiger partial charge < -0.3 is 11.5 Å². The Bertz CT molecular complexity index is 118. The van der Waals surface area contributed by atoms with Crippen LogP contribution in [0.15, 0.2) is 0 Å². The molecule has 0 aliphatic carbocycles. The molecule has 0 radical (unpaired) electrons. The molecule has 3 heteroatoms. The minimum Gasteiger partial charge on any atom is -0.369 e. The van der Waals surface area contributed by atoms with Crippen LogP contribution < -0.4 is 11.5 Å². The lowest BCUT2D eigenvalue weighted by molar-refractivity contribution is -0.126. The molecule has 0 rings (SSSR count). The Morgan fingerprint density at radius 2 is 1.89 bits per heavy atom. The van der Waals surface area contributed by atoms with E-state index in [0.717, 1.165) is 0 Å². The van der Waals surface area contributed by atoms with Gasteiger partial charge in [-0.25, -0.2) is 0 Å². The Morgan fingerprint density at radius 3 is 1.89 bits per heavy atom. The van der Waals surface area contributed by atoms with Crippen molar-refractivity contribution in [3.05, 3.63) is 0 Å². The van der Waals surface area contributed by atoms with E-state index in [4.69, 9.17) is 11.5 Å². The molecule has 0 aliphatic heterocycles. The highest BCUT2D eigenvalue weighted by Crippen LogP contribution is 2.16. The summed E-state index contributed by atoms with van der Waals surface area (Å²) in [4.78, 5) is 10.6. The smallest absolute Gasteiger partial charge is 0.224 e. The van der Waals surface area contributed by atoms with Crippen LogP contribution in [0.5, 0.6) is 0 Å². The number of rotatable bonds is 2. The van der Waals surface area contributed by atoms with Gasteiger partial charge in [0.15, 0.2) is 0 Å². The summed E-state index contributed by atoms with van der Waals surface area (Å²) in [6, 6.07) is -0.185. The Labute approximate surface area is 55.4 Å². The van der Waals surface area contributed by atoms with Gasteiger partial charge in [0.1, 0.15) is 0 Å². The summed E-state index contributed by atoms with van der Waals surface area (Å²) in [5.41, 5.74) is 9.94. The number of carbonyl (C=O) groups is 1.